The summed E-state index contributed by atoms with van der Waals surface area (Å²) in [5.74, 6) is 0.939. The van der Waals surface area contributed by atoms with E-state index in [0.717, 1.165) is 0 Å². The lowest BCUT2D eigenvalue weighted by atomic mass is 10.1. The average molecular weight is 423 g/mol. The van der Waals surface area contributed by atoms with Crippen LogP contribution in [-0.2, 0) is 16.0 Å². The van der Waals surface area contributed by atoms with Gasteiger partial charge in [0.1, 0.15) is 17.2 Å². The summed E-state index contributed by atoms with van der Waals surface area (Å²) in [7, 11) is 4.59. The van der Waals surface area contributed by atoms with Gasteiger partial charge in [0, 0.05) is 17.2 Å². The lowest BCUT2D eigenvalue weighted by molar-refractivity contribution is -0.141. The molecular weight excluding hydrogens is 404 g/mol. The Morgan fingerprint density at radius 1 is 0.923 bits per heavy atom. The van der Waals surface area contributed by atoms with Crippen LogP contribution in [0.4, 0.5) is 0 Å². The molecular formula is C19H19BrO6. The van der Waals surface area contributed by atoms with E-state index in [1.807, 2.05) is 0 Å². The number of benzene rings is 2. The first-order valence-corrected chi connectivity index (χ1v) is 8.51. The molecule has 0 atom stereocenters. The molecule has 0 aliphatic carbocycles. The Morgan fingerprint density at radius 3 is 2.27 bits per heavy atom. The number of esters is 1. The van der Waals surface area contributed by atoms with Crippen molar-refractivity contribution in [3.8, 4) is 17.2 Å². The topological polar surface area (TPSA) is 71.1 Å². The Kier molecular flexibility index (Phi) is 7.03. The van der Waals surface area contributed by atoms with Crippen molar-refractivity contribution in [1.82, 2.24) is 0 Å². The number of carbonyl (C=O) groups is 2. The molecule has 0 saturated carbocycles. The van der Waals surface area contributed by atoms with Gasteiger partial charge in [0.05, 0.1) is 32.2 Å². The molecule has 0 bridgehead atoms. The van der Waals surface area contributed by atoms with Crippen molar-refractivity contribution in [3.63, 3.8) is 0 Å². The molecule has 0 fully saturated rings. The quantitative estimate of drug-likeness (QED) is 0.479. The molecule has 0 radical (unpaired) electrons. The van der Waals surface area contributed by atoms with Crippen molar-refractivity contribution >= 4 is 27.7 Å². The molecule has 138 valence electrons. The van der Waals surface area contributed by atoms with Crippen molar-refractivity contribution in [2.24, 2.45) is 0 Å². The highest BCUT2D eigenvalue weighted by atomic mass is 79.9. The van der Waals surface area contributed by atoms with Crippen LogP contribution in [0.2, 0.25) is 0 Å². The monoisotopic (exact) mass is 422 g/mol. The maximum atomic E-state index is 12.2. The first kappa shape index (κ1) is 19.8. The van der Waals surface area contributed by atoms with E-state index in [4.69, 9.17) is 18.9 Å². The number of halogens is 1. The van der Waals surface area contributed by atoms with Gasteiger partial charge >= 0.3 is 5.97 Å². The summed E-state index contributed by atoms with van der Waals surface area (Å²) in [5, 5.41) is 0. The standard InChI is InChI=1S/C19H19BrO6/c1-23-14-6-4-13(18(10-14)25-3)9-19(22)26-11-16(21)12-5-7-17(24-2)15(20)8-12/h4-8,10H,9,11H2,1-3H3. The van der Waals surface area contributed by atoms with E-state index in [1.54, 1.807) is 43.5 Å². The van der Waals surface area contributed by atoms with Crippen LogP contribution in [0.25, 0.3) is 0 Å². The predicted octanol–water partition coefficient (Wildman–Crippen LogP) is 3.44. The summed E-state index contributed by atoms with van der Waals surface area (Å²) in [4.78, 5) is 24.2. The fraction of sp³-hybridized carbons (Fsp3) is 0.263. The fourth-order valence-corrected chi connectivity index (χ4v) is 2.81. The van der Waals surface area contributed by atoms with Crippen LogP contribution >= 0.6 is 15.9 Å². The highest BCUT2D eigenvalue weighted by molar-refractivity contribution is 9.10. The smallest absolute Gasteiger partial charge is 0.310 e. The Balaban J connectivity index is 1.96. The largest absolute Gasteiger partial charge is 0.497 e. The summed E-state index contributed by atoms with van der Waals surface area (Å²) >= 11 is 3.32. The molecule has 0 N–H and O–H groups in total. The van der Waals surface area contributed by atoms with Gasteiger partial charge < -0.3 is 18.9 Å². The van der Waals surface area contributed by atoms with Gasteiger partial charge in [-0.2, -0.15) is 0 Å². The van der Waals surface area contributed by atoms with Crippen LogP contribution in [0.3, 0.4) is 0 Å². The second-order valence-electron chi connectivity index (χ2n) is 5.29. The van der Waals surface area contributed by atoms with Crippen LogP contribution in [0.15, 0.2) is 40.9 Å². The van der Waals surface area contributed by atoms with Crippen molar-refractivity contribution in [1.29, 1.82) is 0 Å². The highest BCUT2D eigenvalue weighted by Gasteiger charge is 2.14. The second-order valence-corrected chi connectivity index (χ2v) is 6.14. The second kappa shape index (κ2) is 9.24. The summed E-state index contributed by atoms with van der Waals surface area (Å²) in [6.07, 6.45) is -0.00719. The first-order valence-electron chi connectivity index (χ1n) is 7.71. The van der Waals surface area contributed by atoms with Gasteiger partial charge in [0.15, 0.2) is 12.4 Å². The Morgan fingerprint density at radius 2 is 1.65 bits per heavy atom. The minimum atomic E-state index is -0.519. The number of rotatable bonds is 8. The molecule has 2 aromatic rings. The molecule has 0 aromatic heterocycles. The van der Waals surface area contributed by atoms with E-state index < -0.39 is 5.97 Å². The lowest BCUT2D eigenvalue weighted by Gasteiger charge is -2.10. The molecule has 0 aliphatic rings. The molecule has 7 heteroatoms. The van der Waals surface area contributed by atoms with Crippen LogP contribution in [0.5, 0.6) is 17.2 Å². The molecule has 0 aliphatic heterocycles. The van der Waals surface area contributed by atoms with Crippen molar-refractivity contribution in [2.45, 2.75) is 6.42 Å². The van der Waals surface area contributed by atoms with Gasteiger partial charge in [-0.25, -0.2) is 0 Å². The highest BCUT2D eigenvalue weighted by Crippen LogP contribution is 2.26. The number of ketones is 1. The minimum Gasteiger partial charge on any atom is -0.497 e. The normalized spacial score (nSPS) is 10.2. The lowest BCUT2D eigenvalue weighted by Crippen LogP contribution is -2.16. The van der Waals surface area contributed by atoms with Gasteiger partial charge in [-0.15, -0.1) is 0 Å². The fourth-order valence-electron chi connectivity index (χ4n) is 2.27. The van der Waals surface area contributed by atoms with Crippen LogP contribution in [0.1, 0.15) is 15.9 Å². The number of ether oxygens (including phenoxy) is 4. The van der Waals surface area contributed by atoms with Gasteiger partial charge in [-0.3, -0.25) is 9.59 Å². The van der Waals surface area contributed by atoms with Gasteiger partial charge in [0.2, 0.25) is 0 Å². The molecule has 6 nitrogen and oxygen atoms in total. The molecule has 0 amide bonds. The first-order chi connectivity index (χ1) is 12.5. The van der Waals surface area contributed by atoms with E-state index in [0.29, 0.717) is 32.8 Å². The SMILES string of the molecule is COc1ccc(CC(=O)OCC(=O)c2ccc(OC)c(Br)c2)c(OC)c1. The number of hydrogen-bond acceptors (Lipinski definition) is 6. The summed E-state index contributed by atoms with van der Waals surface area (Å²) < 4.78 is 21.2. The van der Waals surface area contributed by atoms with Crippen LogP contribution in [0, 0.1) is 0 Å². The molecule has 0 spiro atoms. The summed E-state index contributed by atoms with van der Waals surface area (Å²) in [6.45, 7) is -0.337. The maximum Gasteiger partial charge on any atom is 0.310 e. The number of hydrogen-bond donors (Lipinski definition) is 0. The van der Waals surface area contributed by atoms with Gasteiger partial charge in [0.25, 0.3) is 0 Å². The third kappa shape index (κ3) is 4.98. The van der Waals surface area contributed by atoms with E-state index in [-0.39, 0.29) is 18.8 Å². The Bertz CT molecular complexity index is 803. The van der Waals surface area contributed by atoms with Crippen molar-refractivity contribution in [3.05, 3.63) is 52.0 Å². The maximum absolute atomic E-state index is 12.2. The van der Waals surface area contributed by atoms with Crippen molar-refractivity contribution < 1.29 is 28.5 Å². The van der Waals surface area contributed by atoms with Crippen LogP contribution in [-0.4, -0.2) is 39.7 Å². The number of Topliss-reactive ketones (excluding diaryl/α,β-unsaturated/α-hetero) is 1. The van der Waals surface area contributed by atoms with E-state index in [2.05, 4.69) is 15.9 Å². The van der Waals surface area contributed by atoms with Crippen LogP contribution < -0.4 is 14.2 Å². The van der Waals surface area contributed by atoms with Gasteiger partial charge in [-0.05, 0) is 40.2 Å². The van der Waals surface area contributed by atoms with Crippen molar-refractivity contribution in [2.75, 3.05) is 27.9 Å². The zero-order valence-corrected chi connectivity index (χ0v) is 16.3. The number of methoxy groups -OCH3 is 3. The minimum absolute atomic E-state index is 0.00719. The third-order valence-electron chi connectivity index (χ3n) is 3.67. The molecule has 0 unspecified atom stereocenters. The molecule has 2 aromatic carbocycles. The van der Waals surface area contributed by atoms with E-state index >= 15 is 0 Å². The summed E-state index contributed by atoms with van der Waals surface area (Å²) in [6, 6.07) is 10.0. The van der Waals surface area contributed by atoms with E-state index in [1.165, 1.54) is 14.2 Å². The molecule has 2 rings (SSSR count). The van der Waals surface area contributed by atoms with Gasteiger partial charge in [-0.1, -0.05) is 6.07 Å². The molecule has 0 heterocycles. The zero-order valence-electron chi connectivity index (χ0n) is 14.7. The Labute approximate surface area is 160 Å². The summed E-state index contributed by atoms with van der Waals surface area (Å²) in [5.41, 5.74) is 1.07. The van der Waals surface area contributed by atoms with E-state index in [9.17, 15) is 9.59 Å². The zero-order chi connectivity index (χ0) is 19.1. The predicted molar refractivity (Wildman–Crippen MR) is 99.2 cm³/mol. The molecule has 26 heavy (non-hydrogen) atoms. The Hall–Kier alpha value is -2.54. The average Bonchev–Trinajstić information content (AvgIpc) is 2.66. The third-order valence-corrected chi connectivity index (χ3v) is 4.29. The molecule has 0 saturated heterocycles. The number of carbonyl (C=O) groups excluding carboxylic acids is 2.